The van der Waals surface area contributed by atoms with Crippen molar-refractivity contribution in [3.63, 3.8) is 0 Å². The normalized spacial score (nSPS) is 17.5. The topological polar surface area (TPSA) is 73.1 Å². The van der Waals surface area contributed by atoms with E-state index in [9.17, 15) is 0 Å². The van der Waals surface area contributed by atoms with Crippen molar-refractivity contribution in [1.29, 1.82) is 0 Å². The van der Waals surface area contributed by atoms with Gasteiger partial charge in [-0.1, -0.05) is 0 Å². The molecule has 0 spiro atoms. The fourth-order valence-corrected chi connectivity index (χ4v) is 2.89. The van der Waals surface area contributed by atoms with Crippen molar-refractivity contribution in [3.8, 4) is 0 Å². The first kappa shape index (κ1) is 10.9. The van der Waals surface area contributed by atoms with Gasteiger partial charge in [-0.05, 0) is 24.3 Å². The van der Waals surface area contributed by atoms with Crippen LogP contribution in [0.15, 0.2) is 11.4 Å². The Morgan fingerprint density at radius 2 is 2.18 bits per heavy atom. The summed E-state index contributed by atoms with van der Waals surface area (Å²) >= 11 is 1.62. The van der Waals surface area contributed by atoms with Gasteiger partial charge in [0.15, 0.2) is 5.82 Å². The predicted octanol–water partition coefficient (Wildman–Crippen LogP) is 1.87. The monoisotopic (exact) mass is 250 g/mol. The summed E-state index contributed by atoms with van der Waals surface area (Å²) in [5.41, 5.74) is 2.66. The highest BCUT2D eigenvalue weighted by molar-refractivity contribution is 7.16. The maximum Gasteiger partial charge on any atom is 0.152 e. The third-order valence-corrected chi connectivity index (χ3v) is 3.87. The summed E-state index contributed by atoms with van der Waals surface area (Å²) in [6.45, 7) is 1.59. The van der Waals surface area contributed by atoms with Gasteiger partial charge >= 0.3 is 0 Å². The molecule has 6 heteroatoms. The largest absolute Gasteiger partial charge is 0.381 e. The molecule has 1 aliphatic heterocycles. The minimum atomic E-state index is 0.391. The number of anilines is 1. The van der Waals surface area contributed by atoms with E-state index in [0.29, 0.717) is 5.92 Å². The van der Waals surface area contributed by atoms with Crippen LogP contribution in [0, 0.1) is 0 Å². The molecule has 1 fully saturated rings. The predicted molar refractivity (Wildman–Crippen MR) is 68.0 cm³/mol. The number of fused-ring (bicyclic) bond motifs is 1. The van der Waals surface area contributed by atoms with Crippen LogP contribution in [-0.2, 0) is 4.74 Å². The van der Waals surface area contributed by atoms with Crippen molar-refractivity contribution in [2.45, 2.75) is 18.8 Å². The minimum absolute atomic E-state index is 0.391. The standard InChI is InChI=1S/C11H14N4OS/c12-15-10-8-3-6-17-11(8)14-9(13-10)7-1-4-16-5-2-7/h3,6-7H,1-2,4-5,12H2,(H,13,14,15). The van der Waals surface area contributed by atoms with Crippen LogP contribution in [-0.4, -0.2) is 23.2 Å². The zero-order valence-corrected chi connectivity index (χ0v) is 10.2. The Labute approximate surface area is 103 Å². The van der Waals surface area contributed by atoms with Crippen molar-refractivity contribution in [3.05, 3.63) is 17.3 Å². The van der Waals surface area contributed by atoms with E-state index in [-0.39, 0.29) is 0 Å². The van der Waals surface area contributed by atoms with Gasteiger partial charge in [-0.3, -0.25) is 0 Å². The smallest absolute Gasteiger partial charge is 0.152 e. The molecule has 3 heterocycles. The van der Waals surface area contributed by atoms with Gasteiger partial charge in [-0.15, -0.1) is 11.3 Å². The van der Waals surface area contributed by atoms with E-state index in [4.69, 9.17) is 10.6 Å². The lowest BCUT2D eigenvalue weighted by Gasteiger charge is -2.21. The zero-order chi connectivity index (χ0) is 11.7. The van der Waals surface area contributed by atoms with Gasteiger partial charge in [0.2, 0.25) is 0 Å². The number of hydrazine groups is 1. The van der Waals surface area contributed by atoms with Crippen LogP contribution < -0.4 is 11.3 Å². The van der Waals surface area contributed by atoms with Gasteiger partial charge in [0.05, 0.1) is 5.39 Å². The first-order valence-electron chi connectivity index (χ1n) is 5.68. The van der Waals surface area contributed by atoms with Crippen molar-refractivity contribution in [2.75, 3.05) is 18.6 Å². The van der Waals surface area contributed by atoms with Gasteiger partial charge in [0.1, 0.15) is 10.7 Å². The number of hydrogen-bond acceptors (Lipinski definition) is 6. The highest BCUT2D eigenvalue weighted by Crippen LogP contribution is 2.30. The number of nitrogens with zero attached hydrogens (tertiary/aromatic N) is 2. The van der Waals surface area contributed by atoms with Gasteiger partial charge in [0, 0.05) is 19.1 Å². The molecule has 0 atom stereocenters. The van der Waals surface area contributed by atoms with E-state index < -0.39 is 0 Å². The summed E-state index contributed by atoms with van der Waals surface area (Å²) in [4.78, 5) is 10.1. The van der Waals surface area contributed by atoms with Crippen LogP contribution in [0.25, 0.3) is 10.2 Å². The number of nitrogens with two attached hydrogens (primary N) is 1. The average molecular weight is 250 g/mol. The lowest BCUT2D eigenvalue weighted by atomic mass is 9.99. The Hall–Kier alpha value is -1.24. The van der Waals surface area contributed by atoms with Gasteiger partial charge in [-0.2, -0.15) is 0 Å². The lowest BCUT2D eigenvalue weighted by Crippen LogP contribution is -2.18. The molecule has 2 aromatic heterocycles. The molecule has 17 heavy (non-hydrogen) atoms. The first-order chi connectivity index (χ1) is 8.38. The number of ether oxygens (including phenoxy) is 1. The molecule has 0 unspecified atom stereocenters. The fourth-order valence-electron chi connectivity index (χ4n) is 2.12. The van der Waals surface area contributed by atoms with Gasteiger partial charge < -0.3 is 10.2 Å². The molecular formula is C11H14N4OS. The molecule has 3 rings (SSSR count). The Morgan fingerprint density at radius 3 is 2.94 bits per heavy atom. The second-order valence-electron chi connectivity index (χ2n) is 4.10. The Morgan fingerprint density at radius 1 is 1.35 bits per heavy atom. The van der Waals surface area contributed by atoms with Crippen LogP contribution in [0.4, 0.5) is 5.82 Å². The maximum atomic E-state index is 5.51. The molecule has 0 amide bonds. The summed E-state index contributed by atoms with van der Waals surface area (Å²) in [5, 5.41) is 3.00. The minimum Gasteiger partial charge on any atom is -0.381 e. The van der Waals surface area contributed by atoms with Crippen LogP contribution in [0.3, 0.4) is 0 Å². The number of thiophene rings is 1. The number of aromatic nitrogens is 2. The van der Waals surface area contributed by atoms with Crippen molar-refractivity contribution in [1.82, 2.24) is 9.97 Å². The zero-order valence-electron chi connectivity index (χ0n) is 9.35. The average Bonchev–Trinajstić information content (AvgIpc) is 2.86. The summed E-state index contributed by atoms with van der Waals surface area (Å²) in [6.07, 6.45) is 1.97. The molecule has 90 valence electrons. The molecule has 0 saturated carbocycles. The van der Waals surface area contributed by atoms with E-state index >= 15 is 0 Å². The molecule has 1 aliphatic rings. The number of nitrogens with one attached hydrogen (secondary N) is 1. The van der Waals surface area contributed by atoms with Crippen LogP contribution >= 0.6 is 11.3 Å². The van der Waals surface area contributed by atoms with E-state index in [1.165, 1.54) is 0 Å². The first-order valence-corrected chi connectivity index (χ1v) is 6.56. The number of hydrogen-bond donors (Lipinski definition) is 2. The van der Waals surface area contributed by atoms with E-state index in [0.717, 1.165) is 47.9 Å². The van der Waals surface area contributed by atoms with Crippen LogP contribution in [0.1, 0.15) is 24.6 Å². The van der Waals surface area contributed by atoms with E-state index in [2.05, 4.69) is 15.4 Å². The van der Waals surface area contributed by atoms with E-state index in [1.807, 2.05) is 11.4 Å². The quantitative estimate of drug-likeness (QED) is 0.629. The third-order valence-electron chi connectivity index (χ3n) is 3.07. The van der Waals surface area contributed by atoms with Crippen LogP contribution in [0.2, 0.25) is 0 Å². The van der Waals surface area contributed by atoms with Crippen molar-refractivity contribution in [2.24, 2.45) is 5.84 Å². The Balaban J connectivity index is 2.03. The molecule has 0 aromatic carbocycles. The van der Waals surface area contributed by atoms with Gasteiger partial charge in [0.25, 0.3) is 0 Å². The molecule has 1 saturated heterocycles. The third kappa shape index (κ3) is 1.99. The Bertz CT molecular complexity index is 521. The van der Waals surface area contributed by atoms with E-state index in [1.54, 1.807) is 11.3 Å². The molecule has 0 aliphatic carbocycles. The van der Waals surface area contributed by atoms with Crippen LogP contribution in [0.5, 0.6) is 0 Å². The summed E-state index contributed by atoms with van der Waals surface area (Å²) < 4.78 is 5.36. The van der Waals surface area contributed by atoms with Crippen molar-refractivity contribution < 1.29 is 4.74 Å². The van der Waals surface area contributed by atoms with Crippen molar-refractivity contribution >= 4 is 27.4 Å². The molecule has 0 bridgehead atoms. The second kappa shape index (κ2) is 4.56. The molecule has 3 N–H and O–H groups in total. The highest BCUT2D eigenvalue weighted by Gasteiger charge is 2.20. The maximum absolute atomic E-state index is 5.51. The summed E-state index contributed by atoms with van der Waals surface area (Å²) in [5.74, 6) is 7.51. The fraction of sp³-hybridized carbons (Fsp3) is 0.455. The van der Waals surface area contributed by atoms with Gasteiger partial charge in [-0.25, -0.2) is 15.8 Å². The lowest BCUT2D eigenvalue weighted by molar-refractivity contribution is 0.0837. The molecule has 5 nitrogen and oxygen atoms in total. The number of nitrogen functional groups attached to an aromatic ring is 1. The molecule has 2 aromatic rings. The SMILES string of the molecule is NNc1nc(C2CCOCC2)nc2sccc12. The number of rotatable bonds is 2. The second-order valence-corrected chi connectivity index (χ2v) is 5.00. The molecule has 0 radical (unpaired) electrons. The summed E-state index contributed by atoms with van der Waals surface area (Å²) in [6, 6.07) is 1.99. The Kier molecular flexibility index (Phi) is 2.92. The summed E-state index contributed by atoms with van der Waals surface area (Å²) in [7, 11) is 0. The molecular weight excluding hydrogens is 236 g/mol. The highest BCUT2D eigenvalue weighted by atomic mass is 32.1.